The van der Waals surface area contributed by atoms with Crippen LogP contribution in [0, 0.1) is 5.82 Å². The number of carboxylic acid groups (broad SMARTS) is 1. The Labute approximate surface area is 124 Å². The van der Waals surface area contributed by atoms with Crippen LogP contribution in [0.1, 0.15) is 26.2 Å². The summed E-state index contributed by atoms with van der Waals surface area (Å²) in [5, 5.41) is 13.8. The number of halogens is 2. The predicted molar refractivity (Wildman–Crippen MR) is 77.2 cm³/mol. The van der Waals surface area contributed by atoms with Crippen LogP contribution in [-0.4, -0.2) is 23.1 Å². The topological polar surface area (TPSA) is 78.4 Å². The highest BCUT2D eigenvalue weighted by Crippen LogP contribution is 2.19. The van der Waals surface area contributed by atoms with Gasteiger partial charge in [0, 0.05) is 5.69 Å². The fourth-order valence-electron chi connectivity index (χ4n) is 1.56. The van der Waals surface area contributed by atoms with Crippen molar-refractivity contribution in [3.05, 3.63) is 28.5 Å². The van der Waals surface area contributed by atoms with E-state index in [9.17, 15) is 14.0 Å². The number of unbranched alkanes of at least 4 members (excludes halogenated alkanes) is 1. The van der Waals surface area contributed by atoms with Gasteiger partial charge in [-0.25, -0.2) is 14.0 Å². The Morgan fingerprint density at radius 3 is 2.70 bits per heavy atom. The molecule has 20 heavy (non-hydrogen) atoms. The van der Waals surface area contributed by atoms with Gasteiger partial charge in [0.15, 0.2) is 0 Å². The first-order valence-corrected chi connectivity index (χ1v) is 6.98. The van der Waals surface area contributed by atoms with Crippen molar-refractivity contribution in [3.63, 3.8) is 0 Å². The summed E-state index contributed by atoms with van der Waals surface area (Å²) < 4.78 is 13.3. The third-order valence-electron chi connectivity index (χ3n) is 2.63. The molecule has 1 atom stereocenters. The predicted octanol–water partition coefficient (Wildman–Crippen LogP) is 3.35. The Bertz CT molecular complexity index is 497. The van der Waals surface area contributed by atoms with Gasteiger partial charge in [0.25, 0.3) is 0 Å². The molecule has 0 fully saturated rings. The van der Waals surface area contributed by atoms with Crippen LogP contribution in [-0.2, 0) is 4.79 Å². The van der Waals surface area contributed by atoms with E-state index in [0.717, 1.165) is 6.42 Å². The number of nitrogens with one attached hydrogen (secondary N) is 2. The second-order valence-electron chi connectivity index (χ2n) is 4.26. The first-order valence-electron chi connectivity index (χ1n) is 6.19. The van der Waals surface area contributed by atoms with Crippen LogP contribution in [0.15, 0.2) is 22.7 Å². The number of hydrogen-bond acceptors (Lipinski definition) is 2. The van der Waals surface area contributed by atoms with Gasteiger partial charge in [-0.1, -0.05) is 19.8 Å². The van der Waals surface area contributed by atoms with Gasteiger partial charge < -0.3 is 15.7 Å². The normalized spacial score (nSPS) is 11.8. The zero-order valence-corrected chi connectivity index (χ0v) is 12.5. The van der Waals surface area contributed by atoms with Gasteiger partial charge in [-0.15, -0.1) is 0 Å². The number of carbonyl (C=O) groups is 2. The van der Waals surface area contributed by atoms with Gasteiger partial charge in [0.2, 0.25) is 0 Å². The second kappa shape index (κ2) is 7.84. The van der Waals surface area contributed by atoms with Crippen LogP contribution in [0.4, 0.5) is 14.9 Å². The van der Waals surface area contributed by atoms with E-state index in [1.165, 1.54) is 18.2 Å². The first-order chi connectivity index (χ1) is 9.43. The van der Waals surface area contributed by atoms with E-state index in [1.54, 1.807) is 0 Å². The maximum atomic E-state index is 13.0. The van der Waals surface area contributed by atoms with Crippen LogP contribution in [0.25, 0.3) is 0 Å². The number of benzene rings is 1. The molecule has 7 heteroatoms. The summed E-state index contributed by atoms with van der Waals surface area (Å²) in [6.45, 7) is 1.94. The molecule has 0 aliphatic heterocycles. The van der Waals surface area contributed by atoms with Crippen LogP contribution >= 0.6 is 15.9 Å². The SMILES string of the molecule is CCCC[C@H](NC(=O)Nc1ccc(F)c(Br)c1)C(=O)O. The van der Waals surface area contributed by atoms with Crippen LogP contribution in [0.3, 0.4) is 0 Å². The van der Waals surface area contributed by atoms with Gasteiger partial charge in [-0.05, 0) is 40.5 Å². The van der Waals surface area contributed by atoms with Crippen LogP contribution in [0.2, 0.25) is 0 Å². The molecule has 3 N–H and O–H groups in total. The number of carboxylic acids is 1. The average Bonchev–Trinajstić information content (AvgIpc) is 2.38. The zero-order valence-electron chi connectivity index (χ0n) is 11.0. The minimum Gasteiger partial charge on any atom is -0.480 e. The van der Waals surface area contributed by atoms with E-state index < -0.39 is 23.9 Å². The summed E-state index contributed by atoms with van der Waals surface area (Å²) >= 11 is 3.00. The van der Waals surface area contributed by atoms with Crippen LogP contribution in [0.5, 0.6) is 0 Å². The largest absolute Gasteiger partial charge is 0.480 e. The number of aliphatic carboxylic acids is 1. The Kier molecular flexibility index (Phi) is 6.44. The maximum Gasteiger partial charge on any atom is 0.326 e. The molecule has 0 heterocycles. The van der Waals surface area contributed by atoms with E-state index in [1.807, 2.05) is 6.92 Å². The van der Waals surface area contributed by atoms with Crippen molar-refractivity contribution in [2.75, 3.05) is 5.32 Å². The lowest BCUT2D eigenvalue weighted by molar-refractivity contribution is -0.139. The number of hydrogen-bond donors (Lipinski definition) is 3. The molecule has 0 spiro atoms. The maximum absolute atomic E-state index is 13.0. The van der Waals surface area contributed by atoms with E-state index in [0.29, 0.717) is 18.5 Å². The van der Waals surface area contributed by atoms with Gasteiger partial charge in [-0.3, -0.25) is 0 Å². The number of anilines is 1. The van der Waals surface area contributed by atoms with E-state index in [4.69, 9.17) is 5.11 Å². The monoisotopic (exact) mass is 346 g/mol. The first kappa shape index (κ1) is 16.4. The lowest BCUT2D eigenvalue weighted by Gasteiger charge is -2.15. The number of urea groups is 1. The van der Waals surface area contributed by atoms with Crippen molar-refractivity contribution in [2.45, 2.75) is 32.2 Å². The molecule has 0 aliphatic carbocycles. The standard InChI is InChI=1S/C13H16BrFN2O3/c1-2-3-4-11(12(18)19)17-13(20)16-8-5-6-10(15)9(14)7-8/h5-7,11H,2-4H2,1H3,(H,18,19)(H2,16,17,20)/t11-/m0/s1. The molecule has 2 amide bonds. The van der Waals surface area contributed by atoms with Crippen LogP contribution < -0.4 is 10.6 Å². The van der Waals surface area contributed by atoms with Crippen molar-refractivity contribution >= 4 is 33.6 Å². The van der Waals surface area contributed by atoms with Gasteiger partial charge in [0.05, 0.1) is 4.47 Å². The van der Waals surface area contributed by atoms with Crippen molar-refractivity contribution in [3.8, 4) is 0 Å². The summed E-state index contributed by atoms with van der Waals surface area (Å²) in [7, 11) is 0. The molecule has 5 nitrogen and oxygen atoms in total. The highest BCUT2D eigenvalue weighted by Gasteiger charge is 2.19. The lowest BCUT2D eigenvalue weighted by Crippen LogP contribution is -2.42. The Balaban J connectivity index is 2.60. The summed E-state index contributed by atoms with van der Waals surface area (Å²) in [6.07, 6.45) is 1.92. The van der Waals surface area contributed by atoms with Gasteiger partial charge >= 0.3 is 12.0 Å². The number of rotatable bonds is 6. The second-order valence-corrected chi connectivity index (χ2v) is 5.11. The summed E-state index contributed by atoms with van der Waals surface area (Å²) in [6, 6.07) is 2.43. The highest BCUT2D eigenvalue weighted by molar-refractivity contribution is 9.10. The van der Waals surface area contributed by atoms with E-state index in [2.05, 4.69) is 26.6 Å². The third-order valence-corrected chi connectivity index (χ3v) is 3.23. The summed E-state index contributed by atoms with van der Waals surface area (Å²) in [4.78, 5) is 22.7. The number of carbonyl (C=O) groups excluding carboxylic acids is 1. The molecule has 0 aliphatic rings. The molecular formula is C13H16BrFN2O3. The van der Waals surface area contributed by atoms with Crippen molar-refractivity contribution in [2.24, 2.45) is 0 Å². The molecular weight excluding hydrogens is 331 g/mol. The zero-order chi connectivity index (χ0) is 15.1. The molecule has 0 aromatic heterocycles. The smallest absolute Gasteiger partial charge is 0.326 e. The molecule has 110 valence electrons. The van der Waals surface area contributed by atoms with Gasteiger partial charge in [-0.2, -0.15) is 0 Å². The molecule has 0 unspecified atom stereocenters. The fraction of sp³-hybridized carbons (Fsp3) is 0.385. The Morgan fingerprint density at radius 2 is 2.15 bits per heavy atom. The molecule has 0 saturated heterocycles. The lowest BCUT2D eigenvalue weighted by atomic mass is 10.1. The summed E-state index contributed by atoms with van der Waals surface area (Å²) in [5.41, 5.74) is 0.371. The van der Waals surface area contributed by atoms with Crippen molar-refractivity contribution < 1.29 is 19.1 Å². The van der Waals surface area contributed by atoms with E-state index in [-0.39, 0.29) is 4.47 Å². The molecule has 1 rings (SSSR count). The summed E-state index contributed by atoms with van der Waals surface area (Å²) in [5.74, 6) is -1.52. The molecule has 0 saturated carbocycles. The minimum absolute atomic E-state index is 0.219. The fourth-order valence-corrected chi connectivity index (χ4v) is 1.94. The molecule has 0 radical (unpaired) electrons. The quantitative estimate of drug-likeness (QED) is 0.738. The van der Waals surface area contributed by atoms with E-state index >= 15 is 0 Å². The highest BCUT2D eigenvalue weighted by atomic mass is 79.9. The molecule has 1 aromatic rings. The van der Waals surface area contributed by atoms with Crippen molar-refractivity contribution in [1.82, 2.24) is 5.32 Å². The Morgan fingerprint density at radius 1 is 1.45 bits per heavy atom. The van der Waals surface area contributed by atoms with Gasteiger partial charge in [0.1, 0.15) is 11.9 Å². The third kappa shape index (κ3) is 5.16. The minimum atomic E-state index is -1.08. The molecule has 0 bridgehead atoms. The Hall–Kier alpha value is -1.63. The number of amides is 2. The molecule has 1 aromatic carbocycles. The average molecular weight is 347 g/mol. The van der Waals surface area contributed by atoms with Crippen molar-refractivity contribution in [1.29, 1.82) is 0 Å².